The van der Waals surface area contributed by atoms with Gasteiger partial charge in [0.25, 0.3) is 5.91 Å². The molecule has 0 aromatic heterocycles. The number of carboxylic acids is 1. The molecule has 0 saturated carbocycles. The normalized spacial score (nSPS) is 27.2. The van der Waals surface area contributed by atoms with Crippen LogP contribution in [-0.2, 0) is 23.8 Å². The first kappa shape index (κ1) is 23.3. The lowest BCUT2D eigenvalue weighted by atomic mass is 9.85. The van der Waals surface area contributed by atoms with E-state index in [9.17, 15) is 19.5 Å². The third-order valence-corrected chi connectivity index (χ3v) is 7.26. The van der Waals surface area contributed by atoms with Crippen molar-refractivity contribution in [1.29, 1.82) is 0 Å². The molecule has 0 radical (unpaired) electrons. The van der Waals surface area contributed by atoms with Crippen LogP contribution in [0.15, 0.2) is 48.5 Å². The maximum absolute atomic E-state index is 12.9. The van der Waals surface area contributed by atoms with Crippen molar-refractivity contribution in [3.8, 4) is 11.1 Å². The van der Waals surface area contributed by atoms with Gasteiger partial charge in [-0.05, 0) is 35.6 Å². The lowest BCUT2D eigenvalue weighted by molar-refractivity contribution is -0.149. The van der Waals surface area contributed by atoms with Crippen LogP contribution in [0.2, 0.25) is 0 Å². The maximum atomic E-state index is 12.9. The number of benzene rings is 2. The third-order valence-electron chi connectivity index (χ3n) is 7.26. The Morgan fingerprint density at radius 1 is 1.06 bits per heavy atom. The number of alkyl carbamates (subject to hydrolysis) is 1. The van der Waals surface area contributed by atoms with Crippen molar-refractivity contribution in [2.24, 2.45) is 5.41 Å². The Kier molecular flexibility index (Phi) is 6.21. The van der Waals surface area contributed by atoms with Gasteiger partial charge >= 0.3 is 12.1 Å². The van der Waals surface area contributed by atoms with Crippen molar-refractivity contribution in [3.63, 3.8) is 0 Å². The zero-order valence-electron chi connectivity index (χ0n) is 19.4. The predicted octanol–water partition coefficient (Wildman–Crippen LogP) is 2.29. The second kappa shape index (κ2) is 9.31. The van der Waals surface area contributed by atoms with E-state index in [0.717, 1.165) is 22.3 Å². The number of nitrogens with one attached hydrogen (secondary N) is 2. The van der Waals surface area contributed by atoms with Gasteiger partial charge in [0.2, 0.25) is 0 Å². The zero-order chi connectivity index (χ0) is 24.6. The molecule has 2 aliphatic heterocycles. The standard InChI is InChI=1S/C26H28N2O7/c1-26(24(30)31)14-33-13-21(26)28-23(29)22-20(10-11-34-22)27-25(32)35-12-19-17-8-4-2-6-15(17)16-7-3-5-9-18(16)19/h2-9,19-22H,10-14H2,1H3,(H,27,32)(H,28,29)(H,30,31)/t20-,21?,22+,26?/m1/s1. The first-order valence-corrected chi connectivity index (χ1v) is 11.7. The van der Waals surface area contributed by atoms with E-state index in [0.29, 0.717) is 13.0 Å². The summed E-state index contributed by atoms with van der Waals surface area (Å²) in [6.07, 6.45) is -1.12. The smallest absolute Gasteiger partial charge is 0.407 e. The second-order valence-electron chi connectivity index (χ2n) is 9.46. The summed E-state index contributed by atoms with van der Waals surface area (Å²) in [4.78, 5) is 37.2. The van der Waals surface area contributed by atoms with Crippen LogP contribution in [0.4, 0.5) is 4.79 Å². The van der Waals surface area contributed by atoms with E-state index in [1.54, 1.807) is 0 Å². The van der Waals surface area contributed by atoms with Gasteiger partial charge in [0, 0.05) is 12.5 Å². The number of hydrogen-bond acceptors (Lipinski definition) is 6. The molecule has 9 heteroatoms. The van der Waals surface area contributed by atoms with E-state index in [1.807, 2.05) is 36.4 Å². The fourth-order valence-electron chi connectivity index (χ4n) is 5.13. The monoisotopic (exact) mass is 480 g/mol. The average molecular weight is 481 g/mol. The van der Waals surface area contributed by atoms with Gasteiger partial charge in [0.15, 0.2) is 6.10 Å². The molecular formula is C26H28N2O7. The Labute approximate surface area is 202 Å². The Balaban J connectivity index is 1.20. The lowest BCUT2D eigenvalue weighted by Crippen LogP contribution is -2.55. The minimum atomic E-state index is -1.22. The third kappa shape index (κ3) is 4.26. The first-order valence-electron chi connectivity index (χ1n) is 11.7. The molecule has 9 nitrogen and oxygen atoms in total. The van der Waals surface area contributed by atoms with E-state index in [1.165, 1.54) is 6.92 Å². The zero-order valence-corrected chi connectivity index (χ0v) is 19.4. The van der Waals surface area contributed by atoms with E-state index in [-0.39, 0.29) is 25.7 Å². The van der Waals surface area contributed by atoms with E-state index >= 15 is 0 Å². The maximum Gasteiger partial charge on any atom is 0.407 e. The Morgan fingerprint density at radius 2 is 1.71 bits per heavy atom. The highest BCUT2D eigenvalue weighted by atomic mass is 16.6. The van der Waals surface area contributed by atoms with Crippen molar-refractivity contribution < 1.29 is 33.7 Å². The largest absolute Gasteiger partial charge is 0.481 e. The molecule has 184 valence electrons. The molecule has 2 fully saturated rings. The van der Waals surface area contributed by atoms with Gasteiger partial charge in [0.05, 0.1) is 25.3 Å². The molecule has 0 bridgehead atoms. The number of carboxylic acid groups (broad SMARTS) is 1. The van der Waals surface area contributed by atoms with Gasteiger partial charge in [0.1, 0.15) is 12.0 Å². The number of amides is 2. The number of ether oxygens (including phenoxy) is 3. The first-order chi connectivity index (χ1) is 16.9. The summed E-state index contributed by atoms with van der Waals surface area (Å²) in [5.74, 6) is -1.58. The summed E-state index contributed by atoms with van der Waals surface area (Å²) >= 11 is 0. The van der Waals surface area contributed by atoms with Crippen molar-refractivity contribution in [3.05, 3.63) is 59.7 Å². The van der Waals surface area contributed by atoms with E-state index in [4.69, 9.17) is 14.2 Å². The van der Waals surface area contributed by atoms with Crippen LogP contribution >= 0.6 is 0 Å². The quantitative estimate of drug-likeness (QED) is 0.580. The van der Waals surface area contributed by atoms with E-state index < -0.39 is 41.6 Å². The number of carbonyl (C=O) groups is 3. The van der Waals surface area contributed by atoms with Crippen molar-refractivity contribution in [2.45, 2.75) is 37.5 Å². The molecule has 2 unspecified atom stereocenters. The topological polar surface area (TPSA) is 123 Å². The van der Waals surface area contributed by atoms with Gasteiger partial charge < -0.3 is 30.0 Å². The van der Waals surface area contributed by atoms with Crippen LogP contribution in [0.25, 0.3) is 11.1 Å². The second-order valence-corrected chi connectivity index (χ2v) is 9.46. The minimum Gasteiger partial charge on any atom is -0.481 e. The van der Waals surface area contributed by atoms with Crippen molar-refractivity contribution >= 4 is 18.0 Å². The number of aliphatic carboxylic acids is 1. The summed E-state index contributed by atoms with van der Waals surface area (Å²) < 4.78 is 16.5. The summed E-state index contributed by atoms with van der Waals surface area (Å²) in [5.41, 5.74) is 3.29. The molecule has 3 aliphatic rings. The van der Waals surface area contributed by atoms with Crippen LogP contribution in [0.3, 0.4) is 0 Å². The fourth-order valence-corrected chi connectivity index (χ4v) is 5.13. The highest BCUT2D eigenvalue weighted by Crippen LogP contribution is 2.44. The summed E-state index contributed by atoms with van der Waals surface area (Å²) in [6, 6.07) is 14.9. The average Bonchev–Trinajstić information content (AvgIpc) is 3.55. The molecule has 3 N–H and O–H groups in total. The molecule has 2 aromatic carbocycles. The van der Waals surface area contributed by atoms with Crippen LogP contribution in [0, 0.1) is 5.41 Å². The molecular weight excluding hydrogens is 452 g/mol. The molecule has 1 aliphatic carbocycles. The van der Waals surface area contributed by atoms with Crippen LogP contribution in [-0.4, -0.2) is 67.7 Å². The lowest BCUT2D eigenvalue weighted by Gasteiger charge is -2.27. The number of hydrogen-bond donors (Lipinski definition) is 3. The molecule has 2 saturated heterocycles. The summed E-state index contributed by atoms with van der Waals surface area (Å²) in [5, 5.41) is 15.0. The predicted molar refractivity (Wildman–Crippen MR) is 125 cm³/mol. The molecule has 2 amide bonds. The van der Waals surface area contributed by atoms with Gasteiger partial charge in [-0.25, -0.2) is 4.79 Å². The Bertz CT molecular complexity index is 1110. The van der Waals surface area contributed by atoms with Gasteiger partial charge in [-0.2, -0.15) is 0 Å². The van der Waals surface area contributed by atoms with Crippen LogP contribution < -0.4 is 10.6 Å². The summed E-state index contributed by atoms with van der Waals surface area (Å²) in [6.45, 7) is 2.12. The number of rotatable bonds is 6. The van der Waals surface area contributed by atoms with Crippen LogP contribution in [0.1, 0.15) is 30.4 Å². The van der Waals surface area contributed by atoms with Gasteiger partial charge in [-0.3, -0.25) is 9.59 Å². The minimum absolute atomic E-state index is 0.0141. The Hall–Kier alpha value is -3.43. The fraction of sp³-hybridized carbons (Fsp3) is 0.423. The molecule has 2 heterocycles. The molecule has 5 rings (SSSR count). The molecule has 0 spiro atoms. The van der Waals surface area contributed by atoms with Crippen molar-refractivity contribution in [2.75, 3.05) is 26.4 Å². The van der Waals surface area contributed by atoms with Crippen molar-refractivity contribution in [1.82, 2.24) is 10.6 Å². The number of fused-ring (bicyclic) bond motifs is 3. The molecule has 35 heavy (non-hydrogen) atoms. The molecule has 4 atom stereocenters. The SMILES string of the molecule is CC1(C(=O)O)COCC1NC(=O)[C@H]1OCC[C@H]1NC(=O)OCC1c2ccccc2-c2ccccc21. The number of carbonyl (C=O) groups excluding carboxylic acids is 2. The van der Waals surface area contributed by atoms with Gasteiger partial charge in [-0.1, -0.05) is 48.5 Å². The summed E-state index contributed by atoms with van der Waals surface area (Å²) in [7, 11) is 0. The Morgan fingerprint density at radius 3 is 2.37 bits per heavy atom. The highest BCUT2D eigenvalue weighted by molar-refractivity contribution is 5.85. The van der Waals surface area contributed by atoms with Crippen LogP contribution in [0.5, 0.6) is 0 Å². The van der Waals surface area contributed by atoms with E-state index in [2.05, 4.69) is 22.8 Å². The molecule has 2 aromatic rings. The highest BCUT2D eigenvalue weighted by Gasteiger charge is 2.48. The van der Waals surface area contributed by atoms with Gasteiger partial charge in [-0.15, -0.1) is 0 Å².